The third-order valence-corrected chi connectivity index (χ3v) is 3.61. The van der Waals surface area contributed by atoms with Gasteiger partial charge in [-0.2, -0.15) is 0 Å². The summed E-state index contributed by atoms with van der Waals surface area (Å²) in [5.41, 5.74) is 0.838. The molecule has 1 saturated heterocycles. The average molecular weight is 332 g/mol. The molecule has 1 unspecified atom stereocenters. The lowest BCUT2D eigenvalue weighted by Gasteiger charge is -2.13. The summed E-state index contributed by atoms with van der Waals surface area (Å²) in [5.74, 6) is -1.20. The molecule has 0 spiro atoms. The standard InChI is InChI=1S/C17H14F2N2O3/c18-12-3-1-11(2-4-12)16(22)20-9-15-10-21(17(23)24-15)14-7-5-13(19)6-8-14/h1-8,15H,9-10H2,(H,20,22). The van der Waals surface area contributed by atoms with Crippen LogP contribution in [0.2, 0.25) is 0 Å². The SMILES string of the molecule is O=C(NCC1CN(c2ccc(F)cc2)C(=O)O1)c1ccc(F)cc1. The van der Waals surface area contributed by atoms with Crippen molar-refractivity contribution >= 4 is 17.7 Å². The maximum absolute atomic E-state index is 12.9. The van der Waals surface area contributed by atoms with Gasteiger partial charge in [-0.3, -0.25) is 9.69 Å². The number of halogens is 2. The number of cyclic esters (lactones) is 1. The van der Waals surface area contributed by atoms with Crippen LogP contribution in [0.15, 0.2) is 48.5 Å². The molecule has 1 fully saturated rings. The fourth-order valence-corrected chi connectivity index (χ4v) is 2.37. The first-order chi connectivity index (χ1) is 11.5. The van der Waals surface area contributed by atoms with Crippen molar-refractivity contribution in [2.45, 2.75) is 6.10 Å². The number of nitrogens with one attached hydrogen (secondary N) is 1. The van der Waals surface area contributed by atoms with E-state index < -0.39 is 23.8 Å². The molecule has 2 aromatic carbocycles. The Labute approximate surface area is 136 Å². The highest BCUT2D eigenvalue weighted by Crippen LogP contribution is 2.21. The number of carbonyl (C=O) groups is 2. The van der Waals surface area contributed by atoms with Crippen molar-refractivity contribution in [2.24, 2.45) is 0 Å². The van der Waals surface area contributed by atoms with Crippen molar-refractivity contribution < 1.29 is 23.1 Å². The minimum Gasteiger partial charge on any atom is -0.442 e. The molecule has 124 valence electrons. The van der Waals surface area contributed by atoms with Gasteiger partial charge in [-0.15, -0.1) is 0 Å². The van der Waals surface area contributed by atoms with Crippen LogP contribution in [0.1, 0.15) is 10.4 Å². The normalized spacial score (nSPS) is 16.8. The smallest absolute Gasteiger partial charge is 0.414 e. The summed E-state index contributed by atoms with van der Waals surface area (Å²) >= 11 is 0. The third kappa shape index (κ3) is 3.51. The van der Waals surface area contributed by atoms with Gasteiger partial charge in [-0.25, -0.2) is 13.6 Å². The summed E-state index contributed by atoms with van der Waals surface area (Å²) in [6.45, 7) is 0.369. The van der Waals surface area contributed by atoms with E-state index >= 15 is 0 Å². The summed E-state index contributed by atoms with van der Waals surface area (Å²) < 4.78 is 31.0. The van der Waals surface area contributed by atoms with Gasteiger partial charge in [-0.1, -0.05) is 0 Å². The van der Waals surface area contributed by atoms with Gasteiger partial charge in [0.05, 0.1) is 13.1 Å². The Bertz CT molecular complexity index is 747. The van der Waals surface area contributed by atoms with Crippen molar-refractivity contribution in [3.8, 4) is 0 Å². The molecule has 3 rings (SSSR count). The molecule has 1 aliphatic heterocycles. The van der Waals surface area contributed by atoms with E-state index in [0.717, 1.165) is 0 Å². The van der Waals surface area contributed by atoms with Crippen molar-refractivity contribution in [1.29, 1.82) is 0 Å². The van der Waals surface area contributed by atoms with Crippen molar-refractivity contribution in [1.82, 2.24) is 5.32 Å². The Morgan fingerprint density at radius 2 is 1.67 bits per heavy atom. The van der Waals surface area contributed by atoms with Gasteiger partial charge < -0.3 is 10.1 Å². The number of anilines is 1. The van der Waals surface area contributed by atoms with Crippen LogP contribution in [-0.2, 0) is 4.74 Å². The van der Waals surface area contributed by atoms with E-state index in [1.54, 1.807) is 0 Å². The zero-order valence-electron chi connectivity index (χ0n) is 12.5. The van der Waals surface area contributed by atoms with E-state index in [0.29, 0.717) is 11.3 Å². The molecule has 24 heavy (non-hydrogen) atoms. The van der Waals surface area contributed by atoms with Gasteiger partial charge in [0, 0.05) is 11.3 Å². The van der Waals surface area contributed by atoms with Crippen molar-refractivity contribution in [3.05, 3.63) is 65.7 Å². The minimum absolute atomic E-state index is 0.125. The number of carbonyl (C=O) groups excluding carboxylic acids is 2. The number of hydrogen-bond donors (Lipinski definition) is 1. The molecule has 0 aromatic heterocycles. The van der Waals surface area contributed by atoms with Gasteiger partial charge in [0.1, 0.15) is 17.7 Å². The van der Waals surface area contributed by atoms with E-state index in [-0.39, 0.29) is 19.0 Å². The lowest BCUT2D eigenvalue weighted by Crippen LogP contribution is -2.34. The van der Waals surface area contributed by atoms with Gasteiger partial charge in [-0.05, 0) is 48.5 Å². The van der Waals surface area contributed by atoms with Crippen molar-refractivity contribution in [3.63, 3.8) is 0 Å². The van der Waals surface area contributed by atoms with Crippen LogP contribution >= 0.6 is 0 Å². The molecule has 1 atom stereocenters. The van der Waals surface area contributed by atoms with Crippen LogP contribution in [0.25, 0.3) is 0 Å². The molecule has 0 radical (unpaired) electrons. The highest BCUT2D eigenvalue weighted by Gasteiger charge is 2.32. The maximum atomic E-state index is 12.9. The van der Waals surface area contributed by atoms with Crippen molar-refractivity contribution in [2.75, 3.05) is 18.0 Å². The predicted molar refractivity (Wildman–Crippen MR) is 82.7 cm³/mol. The molecule has 1 heterocycles. The lowest BCUT2D eigenvalue weighted by molar-refractivity contribution is 0.0916. The Morgan fingerprint density at radius 3 is 2.29 bits per heavy atom. The first-order valence-corrected chi connectivity index (χ1v) is 7.30. The van der Waals surface area contributed by atoms with E-state index in [1.165, 1.54) is 53.4 Å². The van der Waals surface area contributed by atoms with E-state index in [9.17, 15) is 18.4 Å². The van der Waals surface area contributed by atoms with Crippen LogP contribution < -0.4 is 10.2 Å². The molecule has 1 aliphatic rings. The second-order valence-electron chi connectivity index (χ2n) is 5.31. The fourth-order valence-electron chi connectivity index (χ4n) is 2.37. The molecule has 5 nitrogen and oxygen atoms in total. The van der Waals surface area contributed by atoms with E-state index in [1.807, 2.05) is 0 Å². The Hall–Kier alpha value is -2.96. The second kappa shape index (κ2) is 6.66. The Kier molecular flexibility index (Phi) is 4.41. The average Bonchev–Trinajstić information content (AvgIpc) is 2.95. The molecule has 2 aromatic rings. The molecule has 2 amide bonds. The zero-order valence-corrected chi connectivity index (χ0v) is 12.5. The second-order valence-corrected chi connectivity index (χ2v) is 5.31. The fraction of sp³-hybridized carbons (Fsp3) is 0.176. The van der Waals surface area contributed by atoms with E-state index in [4.69, 9.17) is 4.74 Å². The summed E-state index contributed by atoms with van der Waals surface area (Å²) in [6.07, 6.45) is -1.07. The summed E-state index contributed by atoms with van der Waals surface area (Å²) in [4.78, 5) is 25.2. The number of ether oxygens (including phenoxy) is 1. The van der Waals surface area contributed by atoms with Gasteiger partial charge in [0.2, 0.25) is 0 Å². The monoisotopic (exact) mass is 332 g/mol. The molecule has 0 bridgehead atoms. The van der Waals surface area contributed by atoms with Gasteiger partial charge >= 0.3 is 6.09 Å². The first-order valence-electron chi connectivity index (χ1n) is 7.30. The highest BCUT2D eigenvalue weighted by molar-refractivity contribution is 5.94. The highest BCUT2D eigenvalue weighted by atomic mass is 19.1. The summed E-state index contributed by atoms with van der Waals surface area (Å²) in [7, 11) is 0. The molecule has 0 saturated carbocycles. The molecular weight excluding hydrogens is 318 g/mol. The number of rotatable bonds is 4. The largest absolute Gasteiger partial charge is 0.442 e. The molecule has 0 aliphatic carbocycles. The Morgan fingerprint density at radius 1 is 1.08 bits per heavy atom. The van der Waals surface area contributed by atoms with Crippen LogP contribution in [-0.4, -0.2) is 31.2 Å². The number of benzene rings is 2. The minimum atomic E-state index is -0.553. The van der Waals surface area contributed by atoms with Gasteiger partial charge in [0.25, 0.3) is 5.91 Å². The topological polar surface area (TPSA) is 58.6 Å². The van der Waals surface area contributed by atoms with Crippen LogP contribution in [0, 0.1) is 11.6 Å². The first kappa shape index (κ1) is 15.9. The molecular formula is C17H14F2N2O3. The Balaban J connectivity index is 1.57. The van der Waals surface area contributed by atoms with Crippen LogP contribution in [0.3, 0.4) is 0 Å². The third-order valence-electron chi connectivity index (χ3n) is 3.61. The predicted octanol–water partition coefficient (Wildman–Crippen LogP) is 2.72. The summed E-state index contributed by atoms with van der Waals surface area (Å²) in [6, 6.07) is 10.6. The number of amides is 2. The van der Waals surface area contributed by atoms with Crippen LogP contribution in [0.5, 0.6) is 0 Å². The number of hydrogen-bond acceptors (Lipinski definition) is 3. The molecule has 7 heteroatoms. The maximum Gasteiger partial charge on any atom is 0.414 e. The van der Waals surface area contributed by atoms with Crippen LogP contribution in [0.4, 0.5) is 19.3 Å². The van der Waals surface area contributed by atoms with Gasteiger partial charge in [0.15, 0.2) is 0 Å². The quantitative estimate of drug-likeness (QED) is 0.936. The van der Waals surface area contributed by atoms with E-state index in [2.05, 4.69) is 5.32 Å². The molecule has 1 N–H and O–H groups in total. The number of nitrogens with zero attached hydrogens (tertiary/aromatic N) is 1. The lowest BCUT2D eigenvalue weighted by atomic mass is 10.2. The summed E-state index contributed by atoms with van der Waals surface area (Å²) in [5, 5.41) is 2.64. The zero-order chi connectivity index (χ0) is 17.1.